The Bertz CT molecular complexity index is 727. The molecule has 1 amide bonds. The Balaban J connectivity index is 1.44. The quantitative estimate of drug-likeness (QED) is 0.777. The lowest BCUT2D eigenvalue weighted by atomic mass is 10.1. The Kier molecular flexibility index (Phi) is 6.35. The summed E-state index contributed by atoms with van der Waals surface area (Å²) in [5, 5.41) is 1.49. The highest BCUT2D eigenvalue weighted by Crippen LogP contribution is 2.15. The summed E-state index contributed by atoms with van der Waals surface area (Å²) >= 11 is 12.0. The number of aryl methyl sites for hydroxylation is 1. The minimum atomic E-state index is 0.224. The van der Waals surface area contributed by atoms with E-state index in [1.807, 2.05) is 47.4 Å². The van der Waals surface area contributed by atoms with Gasteiger partial charge in [-0.05, 0) is 41.8 Å². The van der Waals surface area contributed by atoms with E-state index in [1.54, 1.807) is 0 Å². The zero-order chi connectivity index (χ0) is 17.6. The molecule has 0 saturated carbocycles. The third-order valence-electron chi connectivity index (χ3n) is 4.54. The van der Waals surface area contributed by atoms with Crippen LogP contribution in [0.2, 0.25) is 10.0 Å². The van der Waals surface area contributed by atoms with Crippen molar-refractivity contribution in [1.82, 2.24) is 9.80 Å². The number of piperazine rings is 1. The first-order chi connectivity index (χ1) is 12.1. The van der Waals surface area contributed by atoms with Crippen LogP contribution >= 0.6 is 23.2 Å². The summed E-state index contributed by atoms with van der Waals surface area (Å²) in [4.78, 5) is 16.8. The Morgan fingerprint density at radius 2 is 1.48 bits per heavy atom. The second-order valence-electron chi connectivity index (χ2n) is 6.42. The first-order valence-corrected chi connectivity index (χ1v) is 9.35. The van der Waals surface area contributed by atoms with E-state index in [0.29, 0.717) is 6.42 Å². The van der Waals surface area contributed by atoms with Crippen molar-refractivity contribution in [2.45, 2.75) is 19.4 Å². The van der Waals surface area contributed by atoms with Crippen LogP contribution in [0.1, 0.15) is 17.5 Å². The predicted molar refractivity (Wildman–Crippen MR) is 103 cm³/mol. The zero-order valence-corrected chi connectivity index (χ0v) is 15.6. The van der Waals surface area contributed by atoms with Crippen LogP contribution in [0.25, 0.3) is 0 Å². The summed E-state index contributed by atoms with van der Waals surface area (Å²) in [6, 6.07) is 15.7. The highest BCUT2D eigenvalue weighted by molar-refractivity contribution is 6.30. The number of hydrogen-bond donors (Lipinski definition) is 0. The average Bonchev–Trinajstić information content (AvgIpc) is 2.60. The van der Waals surface area contributed by atoms with Gasteiger partial charge in [0, 0.05) is 49.2 Å². The Labute approximate surface area is 159 Å². The zero-order valence-electron chi connectivity index (χ0n) is 14.1. The molecule has 2 aromatic rings. The van der Waals surface area contributed by atoms with Gasteiger partial charge in [-0.25, -0.2) is 0 Å². The molecule has 3 nitrogen and oxygen atoms in total. The number of halogens is 2. The molecule has 25 heavy (non-hydrogen) atoms. The molecule has 5 heteroatoms. The van der Waals surface area contributed by atoms with E-state index in [-0.39, 0.29) is 5.91 Å². The van der Waals surface area contributed by atoms with Crippen molar-refractivity contribution in [3.8, 4) is 0 Å². The third-order valence-corrected chi connectivity index (χ3v) is 5.01. The Hall–Kier alpha value is -1.55. The van der Waals surface area contributed by atoms with Crippen LogP contribution < -0.4 is 0 Å². The van der Waals surface area contributed by atoms with Crippen LogP contribution in [0.3, 0.4) is 0 Å². The highest BCUT2D eigenvalue weighted by Gasteiger charge is 2.20. The number of amides is 1. The van der Waals surface area contributed by atoms with E-state index in [2.05, 4.69) is 11.0 Å². The molecule has 1 saturated heterocycles. The Morgan fingerprint density at radius 3 is 2.12 bits per heavy atom. The van der Waals surface area contributed by atoms with E-state index in [9.17, 15) is 4.79 Å². The fourth-order valence-electron chi connectivity index (χ4n) is 3.15. The van der Waals surface area contributed by atoms with E-state index in [0.717, 1.165) is 54.8 Å². The summed E-state index contributed by atoms with van der Waals surface area (Å²) in [5.41, 5.74) is 2.33. The van der Waals surface area contributed by atoms with E-state index < -0.39 is 0 Å². The van der Waals surface area contributed by atoms with Gasteiger partial charge in [0.05, 0.1) is 0 Å². The van der Waals surface area contributed by atoms with Crippen molar-refractivity contribution in [3.05, 3.63) is 69.7 Å². The third kappa shape index (κ3) is 5.46. The van der Waals surface area contributed by atoms with Crippen molar-refractivity contribution < 1.29 is 4.79 Å². The monoisotopic (exact) mass is 376 g/mol. The molecule has 0 spiro atoms. The molecule has 0 atom stereocenters. The second-order valence-corrected chi connectivity index (χ2v) is 7.29. The van der Waals surface area contributed by atoms with Gasteiger partial charge in [0.1, 0.15) is 0 Å². The Morgan fingerprint density at radius 1 is 0.880 bits per heavy atom. The van der Waals surface area contributed by atoms with Gasteiger partial charge in [-0.2, -0.15) is 0 Å². The van der Waals surface area contributed by atoms with Crippen molar-refractivity contribution in [1.29, 1.82) is 0 Å². The van der Waals surface area contributed by atoms with Gasteiger partial charge in [-0.1, -0.05) is 47.5 Å². The van der Waals surface area contributed by atoms with Crippen LogP contribution in [0, 0.1) is 0 Å². The van der Waals surface area contributed by atoms with Crippen molar-refractivity contribution >= 4 is 29.1 Å². The first-order valence-electron chi connectivity index (χ1n) is 8.59. The maximum absolute atomic E-state index is 12.4. The number of carbonyl (C=O) groups excluding carboxylic acids is 1. The van der Waals surface area contributed by atoms with Crippen LogP contribution in [0.15, 0.2) is 48.5 Å². The van der Waals surface area contributed by atoms with Gasteiger partial charge in [0.25, 0.3) is 0 Å². The first kappa shape index (κ1) is 18.2. The van der Waals surface area contributed by atoms with Crippen LogP contribution in [0.4, 0.5) is 0 Å². The molecule has 1 aliphatic heterocycles. The van der Waals surface area contributed by atoms with Gasteiger partial charge in [-0.15, -0.1) is 0 Å². The van der Waals surface area contributed by atoms with E-state index in [4.69, 9.17) is 23.2 Å². The number of nitrogens with zero attached hydrogens (tertiary/aromatic N) is 2. The molecule has 0 aromatic heterocycles. The van der Waals surface area contributed by atoms with Gasteiger partial charge < -0.3 is 4.90 Å². The average molecular weight is 377 g/mol. The lowest BCUT2D eigenvalue weighted by Crippen LogP contribution is -2.48. The largest absolute Gasteiger partial charge is 0.340 e. The molecule has 1 heterocycles. The van der Waals surface area contributed by atoms with Crippen LogP contribution in [-0.4, -0.2) is 41.9 Å². The molecule has 0 unspecified atom stereocenters. The van der Waals surface area contributed by atoms with Crippen molar-refractivity contribution in [2.24, 2.45) is 0 Å². The molecule has 0 N–H and O–H groups in total. The topological polar surface area (TPSA) is 23.6 Å². The molecule has 0 aliphatic carbocycles. The normalized spacial score (nSPS) is 15.4. The number of carbonyl (C=O) groups is 1. The molecule has 1 fully saturated rings. The smallest absolute Gasteiger partial charge is 0.222 e. The summed E-state index contributed by atoms with van der Waals surface area (Å²) in [5.74, 6) is 0.224. The summed E-state index contributed by atoms with van der Waals surface area (Å²) < 4.78 is 0. The lowest BCUT2D eigenvalue weighted by molar-refractivity contribution is -0.133. The maximum Gasteiger partial charge on any atom is 0.222 e. The van der Waals surface area contributed by atoms with Crippen molar-refractivity contribution in [2.75, 3.05) is 26.2 Å². The number of hydrogen-bond acceptors (Lipinski definition) is 2. The van der Waals surface area contributed by atoms with Crippen LogP contribution in [0.5, 0.6) is 0 Å². The highest BCUT2D eigenvalue weighted by atomic mass is 35.5. The van der Waals surface area contributed by atoms with Gasteiger partial charge in [0.15, 0.2) is 0 Å². The summed E-state index contributed by atoms with van der Waals surface area (Å²) in [6.07, 6.45) is 1.27. The maximum atomic E-state index is 12.4. The molecular weight excluding hydrogens is 355 g/mol. The van der Waals surface area contributed by atoms with Crippen molar-refractivity contribution in [3.63, 3.8) is 0 Å². The van der Waals surface area contributed by atoms with Gasteiger partial charge >= 0.3 is 0 Å². The lowest BCUT2D eigenvalue weighted by Gasteiger charge is -2.35. The SMILES string of the molecule is O=C(CCc1cccc(Cl)c1)N1CCN(Cc2cccc(Cl)c2)CC1. The molecule has 0 radical (unpaired) electrons. The molecule has 1 aliphatic rings. The van der Waals surface area contributed by atoms with Crippen LogP contribution in [-0.2, 0) is 17.8 Å². The number of rotatable bonds is 5. The van der Waals surface area contributed by atoms with Gasteiger partial charge in [0.2, 0.25) is 5.91 Å². The molecular formula is C20H22Cl2N2O. The fourth-order valence-corrected chi connectivity index (χ4v) is 3.58. The minimum absolute atomic E-state index is 0.224. The molecule has 2 aromatic carbocycles. The van der Waals surface area contributed by atoms with E-state index >= 15 is 0 Å². The van der Waals surface area contributed by atoms with Gasteiger partial charge in [-0.3, -0.25) is 9.69 Å². The minimum Gasteiger partial charge on any atom is -0.340 e. The fraction of sp³-hybridized carbons (Fsp3) is 0.350. The summed E-state index contributed by atoms with van der Waals surface area (Å²) in [7, 11) is 0. The predicted octanol–water partition coefficient (Wildman–Crippen LogP) is 4.27. The van der Waals surface area contributed by atoms with E-state index in [1.165, 1.54) is 5.56 Å². The molecule has 0 bridgehead atoms. The second kappa shape index (κ2) is 8.70. The number of benzene rings is 2. The summed E-state index contributed by atoms with van der Waals surface area (Å²) in [6.45, 7) is 4.25. The molecule has 3 rings (SSSR count). The standard InChI is InChI=1S/C20H22Cl2N2O/c21-18-5-1-3-16(13-18)7-8-20(25)24-11-9-23(10-12-24)15-17-4-2-6-19(22)14-17/h1-6,13-14H,7-12,15H2. The molecule has 132 valence electrons.